The zero-order valence-electron chi connectivity index (χ0n) is 13.2. The Morgan fingerprint density at radius 3 is 2.45 bits per heavy atom. The van der Waals surface area contributed by atoms with Crippen LogP contribution < -0.4 is 10.1 Å². The average Bonchev–Trinajstić information content (AvgIpc) is 2.54. The monoisotopic (exact) mass is 299 g/mol. The molecular weight excluding hydrogens is 274 g/mol. The van der Waals surface area contributed by atoms with E-state index >= 15 is 0 Å². The fourth-order valence-corrected chi connectivity index (χ4v) is 2.37. The minimum absolute atomic E-state index is 0.336. The van der Waals surface area contributed by atoms with Gasteiger partial charge in [-0.1, -0.05) is 43.3 Å². The maximum absolute atomic E-state index is 9.91. The summed E-state index contributed by atoms with van der Waals surface area (Å²) < 4.78 is 5.92. The molecule has 0 aromatic heterocycles. The van der Waals surface area contributed by atoms with Crippen molar-refractivity contribution in [3.05, 3.63) is 59.7 Å². The molecule has 0 saturated carbocycles. The van der Waals surface area contributed by atoms with Gasteiger partial charge in [0.2, 0.25) is 0 Å². The lowest BCUT2D eigenvalue weighted by atomic mass is 10.0. The molecule has 0 unspecified atom stereocenters. The van der Waals surface area contributed by atoms with Crippen molar-refractivity contribution in [3.63, 3.8) is 0 Å². The third kappa shape index (κ3) is 5.08. The molecule has 3 heteroatoms. The van der Waals surface area contributed by atoms with Gasteiger partial charge < -0.3 is 15.2 Å². The van der Waals surface area contributed by atoms with Crippen molar-refractivity contribution >= 4 is 0 Å². The highest BCUT2D eigenvalue weighted by molar-refractivity contribution is 5.41. The summed E-state index contributed by atoms with van der Waals surface area (Å²) in [5, 5.41) is 13.2. The maximum Gasteiger partial charge on any atom is 0.122 e. The number of benzene rings is 2. The molecule has 118 valence electrons. The first-order valence-electron chi connectivity index (χ1n) is 7.99. The quantitative estimate of drug-likeness (QED) is 0.693. The maximum atomic E-state index is 9.91. The fourth-order valence-electron chi connectivity index (χ4n) is 2.37. The largest absolute Gasteiger partial charge is 0.508 e. The minimum atomic E-state index is 0.336. The van der Waals surface area contributed by atoms with E-state index in [-0.39, 0.29) is 0 Å². The van der Waals surface area contributed by atoms with Crippen molar-refractivity contribution in [1.82, 2.24) is 5.32 Å². The van der Waals surface area contributed by atoms with Crippen LogP contribution in [0.1, 0.15) is 30.9 Å². The van der Waals surface area contributed by atoms with Gasteiger partial charge in [-0.25, -0.2) is 0 Å². The second-order valence-corrected chi connectivity index (χ2v) is 5.32. The lowest BCUT2D eigenvalue weighted by Gasteiger charge is -2.12. The van der Waals surface area contributed by atoms with Gasteiger partial charge in [-0.2, -0.15) is 0 Å². The van der Waals surface area contributed by atoms with Gasteiger partial charge in [-0.15, -0.1) is 0 Å². The Kier molecular flexibility index (Phi) is 6.78. The van der Waals surface area contributed by atoms with Crippen LogP contribution in [-0.2, 0) is 6.42 Å². The number of nitrogens with one attached hydrogen (secondary N) is 1. The van der Waals surface area contributed by atoms with E-state index in [1.54, 1.807) is 6.07 Å². The van der Waals surface area contributed by atoms with E-state index in [4.69, 9.17) is 4.74 Å². The number of phenols is 1. The smallest absolute Gasteiger partial charge is 0.122 e. The summed E-state index contributed by atoms with van der Waals surface area (Å²) in [6, 6.07) is 15.5. The van der Waals surface area contributed by atoms with Crippen LogP contribution in [0.4, 0.5) is 0 Å². The van der Waals surface area contributed by atoms with Crippen molar-refractivity contribution in [2.24, 2.45) is 0 Å². The van der Waals surface area contributed by atoms with Crippen molar-refractivity contribution in [3.8, 4) is 11.5 Å². The summed E-state index contributed by atoms with van der Waals surface area (Å²) in [6.45, 7) is 4.90. The number of phenolic OH excluding ortho intramolecular Hbond substituents is 1. The van der Waals surface area contributed by atoms with Crippen LogP contribution >= 0.6 is 0 Å². The van der Waals surface area contributed by atoms with Gasteiger partial charge in [0.05, 0.1) is 6.61 Å². The highest BCUT2D eigenvalue weighted by Gasteiger charge is 2.07. The molecule has 2 aromatic rings. The van der Waals surface area contributed by atoms with E-state index < -0.39 is 0 Å². The molecule has 0 heterocycles. The first kappa shape index (κ1) is 16.4. The number of unbranched alkanes of at least 4 members (excludes halogenated alkanes) is 1. The zero-order chi connectivity index (χ0) is 15.6. The van der Waals surface area contributed by atoms with E-state index in [1.165, 1.54) is 0 Å². The van der Waals surface area contributed by atoms with Crippen molar-refractivity contribution in [2.75, 3.05) is 19.7 Å². The molecule has 0 amide bonds. The van der Waals surface area contributed by atoms with Gasteiger partial charge >= 0.3 is 0 Å². The molecule has 2 N–H and O–H groups in total. The summed E-state index contributed by atoms with van der Waals surface area (Å²) in [7, 11) is 0. The fraction of sp³-hybridized carbons (Fsp3) is 0.368. The van der Waals surface area contributed by atoms with Crippen LogP contribution in [0.15, 0.2) is 48.5 Å². The number of hydrogen-bond donors (Lipinski definition) is 2. The molecule has 2 rings (SSSR count). The Labute approximate surface area is 133 Å². The second-order valence-electron chi connectivity index (χ2n) is 5.32. The summed E-state index contributed by atoms with van der Waals surface area (Å²) in [6.07, 6.45) is 2.84. The van der Waals surface area contributed by atoms with Gasteiger partial charge in [-0.3, -0.25) is 0 Å². The highest BCUT2D eigenvalue weighted by Crippen LogP contribution is 2.25. The van der Waals surface area contributed by atoms with Gasteiger partial charge in [0.15, 0.2) is 0 Å². The number of ether oxygens (including phenoxy) is 1. The predicted octanol–water partition coefficient (Wildman–Crippen LogP) is 3.75. The van der Waals surface area contributed by atoms with E-state index in [0.717, 1.165) is 49.4 Å². The van der Waals surface area contributed by atoms with Crippen LogP contribution in [0.3, 0.4) is 0 Å². The lowest BCUT2D eigenvalue weighted by Crippen LogP contribution is -2.14. The summed E-state index contributed by atoms with van der Waals surface area (Å²) in [4.78, 5) is 0. The third-order valence-corrected chi connectivity index (χ3v) is 3.60. The summed E-state index contributed by atoms with van der Waals surface area (Å²) >= 11 is 0. The van der Waals surface area contributed by atoms with Crippen LogP contribution in [-0.4, -0.2) is 24.8 Å². The number of rotatable bonds is 9. The molecule has 0 aliphatic heterocycles. The predicted molar refractivity (Wildman–Crippen MR) is 90.6 cm³/mol. The Hall–Kier alpha value is -2.00. The average molecular weight is 299 g/mol. The van der Waals surface area contributed by atoms with Gasteiger partial charge in [0.1, 0.15) is 11.5 Å². The van der Waals surface area contributed by atoms with E-state index in [2.05, 4.69) is 18.3 Å². The Balaban J connectivity index is 1.91. The molecule has 0 bridgehead atoms. The topological polar surface area (TPSA) is 41.5 Å². The summed E-state index contributed by atoms with van der Waals surface area (Å²) in [5.74, 6) is 1.25. The normalized spacial score (nSPS) is 10.6. The third-order valence-electron chi connectivity index (χ3n) is 3.60. The molecule has 0 spiro atoms. The summed E-state index contributed by atoms with van der Waals surface area (Å²) in [5.41, 5.74) is 2.03. The van der Waals surface area contributed by atoms with E-state index in [1.807, 2.05) is 36.4 Å². The molecule has 0 radical (unpaired) electrons. The van der Waals surface area contributed by atoms with Gasteiger partial charge in [0, 0.05) is 6.42 Å². The van der Waals surface area contributed by atoms with Crippen LogP contribution in [0.2, 0.25) is 0 Å². The van der Waals surface area contributed by atoms with Crippen molar-refractivity contribution < 1.29 is 9.84 Å². The number of aromatic hydroxyl groups is 1. The first-order chi connectivity index (χ1) is 10.8. The molecular formula is C19H25NO2. The standard InChI is InChI=1S/C19H25NO2/c1-2-20-13-7-8-14-22-19-12-6-4-10-17(19)15-16-9-3-5-11-18(16)21/h3-6,9-12,20-21H,2,7-8,13-15H2,1H3. The van der Waals surface area contributed by atoms with Gasteiger partial charge in [-0.05, 0) is 49.2 Å². The van der Waals surface area contributed by atoms with Crippen molar-refractivity contribution in [1.29, 1.82) is 0 Å². The van der Waals surface area contributed by atoms with Gasteiger partial charge in [0.25, 0.3) is 0 Å². The number of para-hydroxylation sites is 2. The number of hydrogen-bond acceptors (Lipinski definition) is 3. The lowest BCUT2D eigenvalue weighted by molar-refractivity contribution is 0.303. The molecule has 0 atom stereocenters. The molecule has 2 aromatic carbocycles. The van der Waals surface area contributed by atoms with E-state index in [0.29, 0.717) is 12.2 Å². The molecule has 22 heavy (non-hydrogen) atoms. The minimum Gasteiger partial charge on any atom is -0.508 e. The van der Waals surface area contributed by atoms with E-state index in [9.17, 15) is 5.11 Å². The van der Waals surface area contributed by atoms with Crippen molar-refractivity contribution in [2.45, 2.75) is 26.2 Å². The molecule has 0 aliphatic rings. The van der Waals surface area contributed by atoms with Crippen LogP contribution in [0, 0.1) is 0 Å². The SMILES string of the molecule is CCNCCCCOc1ccccc1Cc1ccccc1O. The molecule has 3 nitrogen and oxygen atoms in total. The first-order valence-corrected chi connectivity index (χ1v) is 7.99. The molecule has 0 aliphatic carbocycles. The Morgan fingerprint density at radius 1 is 0.955 bits per heavy atom. The Morgan fingerprint density at radius 2 is 1.68 bits per heavy atom. The molecule has 0 fully saturated rings. The van der Waals surface area contributed by atoms with Crippen LogP contribution in [0.25, 0.3) is 0 Å². The van der Waals surface area contributed by atoms with Crippen LogP contribution in [0.5, 0.6) is 11.5 Å². The second kappa shape index (κ2) is 9.11. The molecule has 0 saturated heterocycles. The highest BCUT2D eigenvalue weighted by atomic mass is 16.5. The zero-order valence-corrected chi connectivity index (χ0v) is 13.2. The Bertz CT molecular complexity index is 569.